The molecule has 0 aromatic carbocycles. The quantitative estimate of drug-likeness (QED) is 0.784. The van der Waals surface area contributed by atoms with E-state index in [2.05, 4.69) is 9.72 Å². The van der Waals surface area contributed by atoms with Crippen LogP contribution in [0.15, 0.2) is 6.20 Å². The summed E-state index contributed by atoms with van der Waals surface area (Å²) >= 11 is 1.49. The minimum Gasteiger partial charge on any atom is -0.481 e. The molecule has 13 heavy (non-hydrogen) atoms. The molecule has 0 aliphatic carbocycles. The van der Waals surface area contributed by atoms with Crippen molar-refractivity contribution in [1.29, 1.82) is 0 Å². The zero-order valence-corrected chi connectivity index (χ0v) is 8.68. The van der Waals surface area contributed by atoms with Gasteiger partial charge >= 0.3 is 0 Å². The highest BCUT2D eigenvalue weighted by atomic mass is 127. The minimum atomic E-state index is -2.79. The van der Waals surface area contributed by atoms with Crippen molar-refractivity contribution in [3.8, 4) is 5.88 Å². The summed E-state index contributed by atoms with van der Waals surface area (Å²) in [6.45, 7) is 0. The van der Waals surface area contributed by atoms with Crippen molar-refractivity contribution >= 4 is 22.6 Å². The average Bonchev–Trinajstić information content (AvgIpc) is 2.08. The highest BCUT2D eigenvalue weighted by Gasteiger charge is 2.21. The molecule has 0 aliphatic heterocycles. The summed E-state index contributed by atoms with van der Waals surface area (Å²) in [5.74, 6) is -1.00. The van der Waals surface area contributed by atoms with Gasteiger partial charge in [0.15, 0.2) is 5.82 Å². The summed E-state index contributed by atoms with van der Waals surface area (Å²) in [5.41, 5.74) is -0.497. The van der Waals surface area contributed by atoms with Crippen molar-refractivity contribution < 1.29 is 17.9 Å². The molecule has 1 rings (SSSR count). The van der Waals surface area contributed by atoms with Gasteiger partial charge in [0.25, 0.3) is 6.43 Å². The van der Waals surface area contributed by atoms with Crippen LogP contribution in [0.4, 0.5) is 13.2 Å². The van der Waals surface area contributed by atoms with Crippen LogP contribution in [0, 0.1) is 9.39 Å². The Hall–Kier alpha value is -0.530. The molecule has 1 heterocycles. The summed E-state index contributed by atoms with van der Waals surface area (Å²) in [6.07, 6.45) is -1.93. The van der Waals surface area contributed by atoms with Crippen LogP contribution in [0.3, 0.4) is 0 Å². The lowest BCUT2D eigenvalue weighted by Gasteiger charge is -2.08. The number of ether oxygens (including phenoxy) is 1. The van der Waals surface area contributed by atoms with Gasteiger partial charge in [0.1, 0.15) is 0 Å². The molecule has 1 aromatic rings. The van der Waals surface area contributed by atoms with Gasteiger partial charge in [-0.2, -0.15) is 0 Å². The first kappa shape index (κ1) is 10.6. The Kier molecular flexibility index (Phi) is 3.34. The normalized spacial score (nSPS) is 10.6. The molecule has 0 saturated carbocycles. The van der Waals surface area contributed by atoms with Crippen molar-refractivity contribution in [2.45, 2.75) is 6.43 Å². The van der Waals surface area contributed by atoms with Crippen molar-refractivity contribution in [2.24, 2.45) is 0 Å². The fourth-order valence-corrected chi connectivity index (χ4v) is 1.42. The van der Waals surface area contributed by atoms with Crippen LogP contribution >= 0.6 is 22.6 Å². The predicted octanol–water partition coefficient (Wildman–Crippen LogP) is 2.77. The summed E-state index contributed by atoms with van der Waals surface area (Å²) in [6, 6.07) is 0. The number of halogens is 4. The van der Waals surface area contributed by atoms with E-state index in [9.17, 15) is 13.2 Å². The van der Waals surface area contributed by atoms with Gasteiger partial charge in [-0.25, -0.2) is 18.2 Å². The number of aromatic nitrogens is 1. The Morgan fingerprint density at radius 1 is 1.54 bits per heavy atom. The molecular weight excluding hydrogens is 298 g/mol. The van der Waals surface area contributed by atoms with Crippen LogP contribution in [-0.4, -0.2) is 12.1 Å². The van der Waals surface area contributed by atoms with E-state index >= 15 is 0 Å². The molecule has 0 unspecified atom stereocenters. The van der Waals surface area contributed by atoms with Crippen LogP contribution in [0.2, 0.25) is 0 Å². The van der Waals surface area contributed by atoms with Crippen LogP contribution in [0.25, 0.3) is 0 Å². The number of methoxy groups -OCH3 is 1. The lowest BCUT2D eigenvalue weighted by atomic mass is 10.3. The molecule has 0 atom stereocenters. The van der Waals surface area contributed by atoms with Crippen molar-refractivity contribution in [1.82, 2.24) is 4.98 Å². The number of hydrogen-bond donors (Lipinski definition) is 0. The molecule has 0 N–H and O–H groups in total. The van der Waals surface area contributed by atoms with Gasteiger partial charge in [-0.15, -0.1) is 0 Å². The summed E-state index contributed by atoms with van der Waals surface area (Å²) in [5, 5.41) is 0. The Labute approximate surface area is 86.3 Å². The van der Waals surface area contributed by atoms with Crippen LogP contribution in [-0.2, 0) is 0 Å². The molecule has 0 fully saturated rings. The first-order valence-corrected chi connectivity index (χ1v) is 4.31. The number of rotatable bonds is 2. The Balaban J connectivity index is 3.32. The molecule has 72 valence electrons. The van der Waals surface area contributed by atoms with E-state index in [-0.39, 0.29) is 9.45 Å². The van der Waals surface area contributed by atoms with Gasteiger partial charge in [0.05, 0.1) is 22.4 Å². The third-order valence-corrected chi connectivity index (χ3v) is 2.48. The molecule has 2 nitrogen and oxygen atoms in total. The predicted molar refractivity (Wildman–Crippen MR) is 48.4 cm³/mol. The maximum atomic E-state index is 12.8. The molecule has 0 spiro atoms. The first-order valence-electron chi connectivity index (χ1n) is 3.24. The van der Waals surface area contributed by atoms with Crippen molar-refractivity contribution in [2.75, 3.05) is 7.11 Å². The van der Waals surface area contributed by atoms with E-state index in [0.29, 0.717) is 0 Å². The van der Waals surface area contributed by atoms with Crippen LogP contribution < -0.4 is 4.74 Å². The second-order valence-electron chi connectivity index (χ2n) is 2.14. The van der Waals surface area contributed by atoms with Crippen molar-refractivity contribution in [3.05, 3.63) is 21.1 Å². The number of alkyl halides is 2. The summed E-state index contributed by atoms with van der Waals surface area (Å²) in [7, 11) is 1.21. The fraction of sp³-hybridized carbons (Fsp3) is 0.286. The standard InChI is InChI=1S/C7H5F3INO/c1-13-7-4(6(9)10)5(11)3(8)2-12-7/h2,6H,1H3. The van der Waals surface area contributed by atoms with E-state index < -0.39 is 17.8 Å². The van der Waals surface area contributed by atoms with Gasteiger partial charge in [0.2, 0.25) is 5.88 Å². The maximum Gasteiger partial charge on any atom is 0.270 e. The van der Waals surface area contributed by atoms with Gasteiger partial charge in [0, 0.05) is 0 Å². The van der Waals surface area contributed by atoms with Gasteiger partial charge in [-0.3, -0.25) is 0 Å². The second kappa shape index (κ2) is 4.12. The number of pyridine rings is 1. The van der Waals surface area contributed by atoms with Gasteiger partial charge < -0.3 is 4.74 Å². The molecule has 0 bridgehead atoms. The molecule has 0 amide bonds. The Morgan fingerprint density at radius 3 is 2.62 bits per heavy atom. The third kappa shape index (κ3) is 2.04. The summed E-state index contributed by atoms with van der Waals surface area (Å²) in [4.78, 5) is 3.40. The first-order chi connectivity index (χ1) is 6.07. The topological polar surface area (TPSA) is 22.1 Å². The second-order valence-corrected chi connectivity index (χ2v) is 3.22. The smallest absolute Gasteiger partial charge is 0.270 e. The third-order valence-electron chi connectivity index (χ3n) is 1.38. The molecule has 6 heteroatoms. The monoisotopic (exact) mass is 303 g/mol. The maximum absolute atomic E-state index is 12.8. The zero-order valence-electron chi connectivity index (χ0n) is 6.52. The SMILES string of the molecule is COc1ncc(F)c(I)c1C(F)F. The van der Waals surface area contributed by atoms with E-state index in [0.717, 1.165) is 6.20 Å². The van der Waals surface area contributed by atoms with E-state index in [4.69, 9.17) is 0 Å². The summed E-state index contributed by atoms with van der Waals surface area (Å²) < 4.78 is 42.0. The van der Waals surface area contributed by atoms with Crippen molar-refractivity contribution in [3.63, 3.8) is 0 Å². The Morgan fingerprint density at radius 2 is 2.15 bits per heavy atom. The number of hydrogen-bond acceptors (Lipinski definition) is 2. The minimum absolute atomic E-state index is 0.153. The van der Waals surface area contributed by atoms with Gasteiger partial charge in [-0.1, -0.05) is 0 Å². The molecule has 0 aliphatic rings. The van der Waals surface area contributed by atoms with E-state index in [1.165, 1.54) is 29.7 Å². The largest absolute Gasteiger partial charge is 0.481 e. The lowest BCUT2D eigenvalue weighted by Crippen LogP contribution is -2.01. The molecule has 0 radical (unpaired) electrons. The average molecular weight is 303 g/mol. The van der Waals surface area contributed by atoms with Crippen LogP contribution in [0.5, 0.6) is 5.88 Å². The Bertz CT molecular complexity index is 319. The lowest BCUT2D eigenvalue weighted by molar-refractivity contribution is 0.144. The molecular formula is C7H5F3INO. The zero-order chi connectivity index (χ0) is 10.0. The van der Waals surface area contributed by atoms with E-state index in [1.54, 1.807) is 0 Å². The fourth-order valence-electron chi connectivity index (χ4n) is 0.816. The van der Waals surface area contributed by atoms with Gasteiger partial charge in [-0.05, 0) is 22.6 Å². The highest BCUT2D eigenvalue weighted by molar-refractivity contribution is 14.1. The molecule has 1 aromatic heterocycles. The van der Waals surface area contributed by atoms with Crippen LogP contribution in [0.1, 0.15) is 12.0 Å². The van der Waals surface area contributed by atoms with E-state index in [1.807, 2.05) is 0 Å². The number of nitrogens with zero attached hydrogens (tertiary/aromatic N) is 1. The highest BCUT2D eigenvalue weighted by Crippen LogP contribution is 2.32. The molecule has 0 saturated heterocycles.